The lowest BCUT2D eigenvalue weighted by Gasteiger charge is -2.33. The lowest BCUT2D eigenvalue weighted by molar-refractivity contribution is -0.149. The van der Waals surface area contributed by atoms with E-state index in [2.05, 4.69) is 9.97 Å². The van der Waals surface area contributed by atoms with Crippen molar-refractivity contribution in [1.82, 2.24) is 23.7 Å². The largest absolute Gasteiger partial charge is 0.464 e. The fourth-order valence-electron chi connectivity index (χ4n) is 4.16. The van der Waals surface area contributed by atoms with E-state index in [1.807, 2.05) is 0 Å². The van der Waals surface area contributed by atoms with Crippen LogP contribution < -0.4 is 16.1 Å². The molecular formula is C21H23F3N6O4. The van der Waals surface area contributed by atoms with Gasteiger partial charge in [-0.15, -0.1) is 0 Å². The average Bonchev–Trinajstić information content (AvgIpc) is 3.25. The second-order valence-electron chi connectivity index (χ2n) is 8.14. The molecule has 34 heavy (non-hydrogen) atoms. The minimum atomic E-state index is -4.55. The molecule has 0 aliphatic carbocycles. The Morgan fingerprint density at radius 1 is 1.21 bits per heavy atom. The van der Waals surface area contributed by atoms with Crippen LogP contribution in [0.5, 0.6) is 0 Å². The molecule has 0 amide bonds. The Bertz CT molecular complexity index is 1340. The van der Waals surface area contributed by atoms with Crippen LogP contribution in [0.1, 0.15) is 18.4 Å². The Hall–Kier alpha value is -3.64. The Morgan fingerprint density at radius 3 is 2.71 bits per heavy atom. The zero-order chi connectivity index (χ0) is 24.6. The van der Waals surface area contributed by atoms with E-state index in [0.29, 0.717) is 19.4 Å². The van der Waals surface area contributed by atoms with Crippen molar-refractivity contribution in [3.05, 3.63) is 51.1 Å². The number of hydrogen-bond acceptors (Lipinski definition) is 7. The maximum absolute atomic E-state index is 13.4. The standard InChI is InChI=1S/C21H23F3N6O4/c1-27-17-15(18(31)28(2)20(27)33)30(12-26-17)9-10-34-19(32)13-5-4-8-29(11-13)16-14(21(22,23)24)6-3-7-25-16/h3,6-7,12-13H,4-5,8-11H2,1-2H3. The van der Waals surface area contributed by atoms with Crippen molar-refractivity contribution < 1.29 is 22.7 Å². The van der Waals surface area contributed by atoms with E-state index >= 15 is 0 Å². The predicted octanol–water partition coefficient (Wildman–Crippen LogP) is 1.31. The van der Waals surface area contributed by atoms with Gasteiger partial charge in [0.25, 0.3) is 5.56 Å². The molecule has 4 heterocycles. The SMILES string of the molecule is Cn1c(=O)c2c(ncn2CCOC(=O)C2CCCN(c3ncccc3C(F)(F)F)C2)n(C)c1=O. The number of rotatable bonds is 5. The third-order valence-corrected chi connectivity index (χ3v) is 5.94. The first kappa shape index (κ1) is 23.5. The number of esters is 1. The molecule has 1 atom stereocenters. The number of hydrogen-bond donors (Lipinski definition) is 0. The molecule has 0 spiro atoms. The highest BCUT2D eigenvalue weighted by atomic mass is 19.4. The Morgan fingerprint density at radius 2 is 1.97 bits per heavy atom. The van der Waals surface area contributed by atoms with Gasteiger partial charge in [-0.1, -0.05) is 0 Å². The van der Waals surface area contributed by atoms with Crippen LogP contribution >= 0.6 is 0 Å². The lowest BCUT2D eigenvalue weighted by Crippen LogP contribution is -2.41. The Labute approximate surface area is 191 Å². The smallest absolute Gasteiger partial charge is 0.419 e. The van der Waals surface area contributed by atoms with Crippen LogP contribution in [0.25, 0.3) is 11.2 Å². The molecule has 4 rings (SSSR count). The van der Waals surface area contributed by atoms with E-state index < -0.39 is 34.9 Å². The van der Waals surface area contributed by atoms with Gasteiger partial charge >= 0.3 is 17.8 Å². The summed E-state index contributed by atoms with van der Waals surface area (Å²) >= 11 is 0. The van der Waals surface area contributed by atoms with Gasteiger partial charge in [0.1, 0.15) is 12.4 Å². The van der Waals surface area contributed by atoms with Crippen molar-refractivity contribution in [3.63, 3.8) is 0 Å². The number of carbonyl (C=O) groups excluding carboxylic acids is 1. The maximum Gasteiger partial charge on any atom is 0.419 e. The summed E-state index contributed by atoms with van der Waals surface area (Å²) in [5.74, 6) is -1.33. The number of halogens is 3. The van der Waals surface area contributed by atoms with Crippen molar-refractivity contribution in [2.24, 2.45) is 20.0 Å². The number of anilines is 1. The summed E-state index contributed by atoms with van der Waals surface area (Å²) in [6.07, 6.45) is -0.862. The number of carbonyl (C=O) groups is 1. The van der Waals surface area contributed by atoms with Gasteiger partial charge in [-0.3, -0.25) is 18.7 Å². The molecule has 0 radical (unpaired) electrons. The number of nitrogens with zero attached hydrogens (tertiary/aromatic N) is 6. The predicted molar refractivity (Wildman–Crippen MR) is 115 cm³/mol. The van der Waals surface area contributed by atoms with Crippen molar-refractivity contribution in [1.29, 1.82) is 0 Å². The highest BCUT2D eigenvalue weighted by molar-refractivity contribution is 5.74. The molecule has 3 aromatic heterocycles. The molecule has 1 aliphatic heterocycles. The van der Waals surface area contributed by atoms with Crippen LogP contribution in [-0.2, 0) is 36.3 Å². The number of fused-ring (bicyclic) bond motifs is 1. The monoisotopic (exact) mass is 480 g/mol. The first-order valence-electron chi connectivity index (χ1n) is 10.6. The first-order valence-corrected chi connectivity index (χ1v) is 10.6. The van der Waals surface area contributed by atoms with Gasteiger partial charge in [0.15, 0.2) is 11.2 Å². The van der Waals surface area contributed by atoms with Crippen LogP contribution in [0, 0.1) is 5.92 Å². The number of imidazole rings is 1. The molecule has 0 aromatic carbocycles. The lowest BCUT2D eigenvalue weighted by atomic mass is 9.98. The number of ether oxygens (including phenoxy) is 1. The summed E-state index contributed by atoms with van der Waals surface area (Å²) in [4.78, 5) is 46.6. The number of alkyl halides is 3. The third-order valence-electron chi connectivity index (χ3n) is 5.94. The van der Waals surface area contributed by atoms with E-state index in [9.17, 15) is 27.6 Å². The molecule has 0 bridgehead atoms. The summed E-state index contributed by atoms with van der Waals surface area (Å²) < 4.78 is 49.2. The Kier molecular flexibility index (Phi) is 6.19. The van der Waals surface area contributed by atoms with Crippen molar-refractivity contribution in [2.45, 2.75) is 25.6 Å². The highest BCUT2D eigenvalue weighted by Crippen LogP contribution is 2.36. The van der Waals surface area contributed by atoms with E-state index in [0.717, 1.165) is 10.6 Å². The van der Waals surface area contributed by atoms with Crippen molar-refractivity contribution in [2.75, 3.05) is 24.6 Å². The van der Waals surface area contributed by atoms with E-state index in [1.54, 1.807) is 0 Å². The second kappa shape index (κ2) is 8.95. The molecule has 3 aromatic rings. The van der Waals surface area contributed by atoms with Crippen LogP contribution in [0.4, 0.5) is 19.0 Å². The van der Waals surface area contributed by atoms with Gasteiger partial charge in [-0.2, -0.15) is 13.2 Å². The zero-order valence-corrected chi connectivity index (χ0v) is 18.6. The minimum Gasteiger partial charge on any atom is -0.464 e. The van der Waals surface area contributed by atoms with Crippen molar-refractivity contribution >= 4 is 23.0 Å². The molecule has 1 aliphatic rings. The van der Waals surface area contributed by atoms with E-state index in [-0.39, 0.29) is 36.7 Å². The third kappa shape index (κ3) is 4.29. The molecular weight excluding hydrogens is 457 g/mol. The van der Waals surface area contributed by atoms with E-state index in [1.165, 1.54) is 46.7 Å². The number of piperidine rings is 1. The molecule has 1 unspecified atom stereocenters. The zero-order valence-electron chi connectivity index (χ0n) is 18.6. The van der Waals surface area contributed by atoms with Crippen LogP contribution in [-0.4, -0.2) is 49.3 Å². The van der Waals surface area contributed by atoms with Gasteiger partial charge in [-0.05, 0) is 25.0 Å². The van der Waals surface area contributed by atoms with Gasteiger partial charge in [0.2, 0.25) is 0 Å². The fraction of sp³-hybridized carbons (Fsp3) is 0.476. The fourth-order valence-corrected chi connectivity index (χ4v) is 4.16. The number of pyridine rings is 1. The molecule has 13 heteroatoms. The van der Waals surface area contributed by atoms with Gasteiger partial charge in [-0.25, -0.2) is 14.8 Å². The van der Waals surface area contributed by atoms with Crippen molar-refractivity contribution in [3.8, 4) is 0 Å². The summed E-state index contributed by atoms with van der Waals surface area (Å²) in [6, 6.07) is 2.20. The van der Waals surface area contributed by atoms with Gasteiger partial charge in [0.05, 0.1) is 24.4 Å². The molecule has 182 valence electrons. The van der Waals surface area contributed by atoms with Crippen LogP contribution in [0.15, 0.2) is 34.2 Å². The average molecular weight is 480 g/mol. The molecule has 10 nitrogen and oxygen atoms in total. The summed E-state index contributed by atoms with van der Waals surface area (Å²) in [6.45, 7) is 0.483. The minimum absolute atomic E-state index is 0.0651. The Balaban J connectivity index is 1.43. The number of aryl methyl sites for hydroxylation is 1. The van der Waals surface area contributed by atoms with Crippen LogP contribution in [0.3, 0.4) is 0 Å². The molecule has 0 saturated carbocycles. The second-order valence-corrected chi connectivity index (χ2v) is 8.14. The summed E-state index contributed by atoms with van der Waals surface area (Å²) in [7, 11) is 2.87. The molecule has 1 fully saturated rings. The molecule has 0 N–H and O–H groups in total. The van der Waals surface area contributed by atoms with E-state index in [4.69, 9.17) is 4.74 Å². The van der Waals surface area contributed by atoms with Gasteiger partial charge < -0.3 is 14.2 Å². The highest BCUT2D eigenvalue weighted by Gasteiger charge is 2.37. The maximum atomic E-state index is 13.4. The first-order chi connectivity index (χ1) is 16.1. The quantitative estimate of drug-likeness (QED) is 0.507. The summed E-state index contributed by atoms with van der Waals surface area (Å²) in [5.41, 5.74) is -1.43. The van der Waals surface area contributed by atoms with Gasteiger partial charge in [0, 0.05) is 33.4 Å². The molecule has 1 saturated heterocycles. The topological polar surface area (TPSA) is 104 Å². The number of aromatic nitrogens is 5. The van der Waals surface area contributed by atoms with Crippen LogP contribution in [0.2, 0.25) is 0 Å². The normalized spacial score (nSPS) is 16.7. The summed E-state index contributed by atoms with van der Waals surface area (Å²) in [5, 5.41) is 0.